The maximum absolute atomic E-state index is 2.69. The van der Waals surface area contributed by atoms with Crippen LogP contribution in [0.25, 0.3) is 0 Å². The van der Waals surface area contributed by atoms with Crippen molar-refractivity contribution in [2.45, 2.75) is 71.0 Å². The van der Waals surface area contributed by atoms with Crippen LogP contribution in [0.5, 0.6) is 0 Å². The molecule has 116 valence electrons. The molecule has 0 aromatic heterocycles. The van der Waals surface area contributed by atoms with E-state index in [1.54, 1.807) is 0 Å². The van der Waals surface area contributed by atoms with Crippen molar-refractivity contribution in [2.24, 2.45) is 0 Å². The van der Waals surface area contributed by atoms with Crippen molar-refractivity contribution in [3.8, 4) is 0 Å². The average Bonchev–Trinajstić information content (AvgIpc) is 2.96. The van der Waals surface area contributed by atoms with E-state index < -0.39 is 0 Å². The second kappa shape index (κ2) is 4.74. The van der Waals surface area contributed by atoms with Gasteiger partial charge < -0.3 is 4.90 Å². The second-order valence-electron chi connectivity index (χ2n) is 8.82. The van der Waals surface area contributed by atoms with E-state index in [4.69, 9.17) is 0 Å². The number of benzene rings is 1. The average molecular weight is 286 g/mol. The molecule has 2 atom stereocenters. The molecule has 2 nitrogen and oxygen atoms in total. The van der Waals surface area contributed by atoms with E-state index in [9.17, 15) is 0 Å². The van der Waals surface area contributed by atoms with Gasteiger partial charge in [0.2, 0.25) is 0 Å². The number of hydrogen-bond donors (Lipinski definition) is 0. The topological polar surface area (TPSA) is 6.48 Å². The molecule has 2 heterocycles. The summed E-state index contributed by atoms with van der Waals surface area (Å²) in [5.74, 6) is 0. The van der Waals surface area contributed by atoms with Gasteiger partial charge in [-0.15, -0.1) is 0 Å². The fraction of sp³-hybridized carbons (Fsp3) is 0.684. The molecule has 1 aromatic carbocycles. The SMILES string of the molecule is CC(C)(C)c1ccc(N2CC3CC2CN3C(C)(C)C)cc1. The van der Waals surface area contributed by atoms with E-state index in [2.05, 4.69) is 75.6 Å². The van der Waals surface area contributed by atoms with Crippen LogP contribution >= 0.6 is 0 Å². The van der Waals surface area contributed by atoms with Gasteiger partial charge in [-0.2, -0.15) is 0 Å². The molecule has 0 radical (unpaired) electrons. The molecule has 1 aromatic rings. The summed E-state index contributed by atoms with van der Waals surface area (Å²) in [6.07, 6.45) is 1.33. The lowest BCUT2D eigenvalue weighted by molar-refractivity contribution is 0.113. The fourth-order valence-corrected chi connectivity index (χ4v) is 3.96. The van der Waals surface area contributed by atoms with Gasteiger partial charge in [0, 0.05) is 36.4 Å². The Balaban J connectivity index is 1.74. The first-order chi connectivity index (χ1) is 9.66. The predicted octanol–water partition coefficient (Wildman–Crippen LogP) is 4.05. The number of anilines is 1. The summed E-state index contributed by atoms with van der Waals surface area (Å²) in [6, 6.07) is 10.7. The van der Waals surface area contributed by atoms with Crippen molar-refractivity contribution < 1.29 is 0 Å². The Morgan fingerprint density at radius 3 is 1.90 bits per heavy atom. The molecule has 0 saturated carbocycles. The van der Waals surface area contributed by atoms with Gasteiger partial charge in [0.15, 0.2) is 0 Å². The molecule has 0 amide bonds. The second-order valence-corrected chi connectivity index (χ2v) is 8.82. The van der Waals surface area contributed by atoms with Crippen LogP contribution in [-0.4, -0.2) is 35.6 Å². The number of piperazine rings is 1. The number of hydrogen-bond acceptors (Lipinski definition) is 2. The van der Waals surface area contributed by atoms with Gasteiger partial charge in [-0.3, -0.25) is 4.90 Å². The van der Waals surface area contributed by atoms with Crippen molar-refractivity contribution in [2.75, 3.05) is 18.0 Å². The number of likely N-dealkylation sites (tertiary alicyclic amines) is 1. The van der Waals surface area contributed by atoms with Crippen LogP contribution in [0, 0.1) is 0 Å². The summed E-state index contributed by atoms with van der Waals surface area (Å²) < 4.78 is 0. The van der Waals surface area contributed by atoms with Gasteiger partial charge in [0.25, 0.3) is 0 Å². The summed E-state index contributed by atoms with van der Waals surface area (Å²) in [4.78, 5) is 5.32. The summed E-state index contributed by atoms with van der Waals surface area (Å²) >= 11 is 0. The van der Waals surface area contributed by atoms with Crippen molar-refractivity contribution in [1.82, 2.24) is 4.90 Å². The molecule has 3 rings (SSSR count). The monoisotopic (exact) mass is 286 g/mol. The molecular formula is C19H30N2. The standard InChI is InChI=1S/C19H30N2/c1-18(2,3)14-7-9-15(10-8-14)20-12-17-11-16(20)13-21(17)19(4,5)6/h7-10,16-17H,11-13H2,1-6H3. The minimum absolute atomic E-state index is 0.242. The number of nitrogens with zero attached hydrogens (tertiary/aromatic N) is 2. The van der Waals surface area contributed by atoms with Crippen molar-refractivity contribution >= 4 is 5.69 Å². The molecule has 2 aliphatic rings. The maximum Gasteiger partial charge on any atom is 0.0433 e. The van der Waals surface area contributed by atoms with Crippen LogP contribution < -0.4 is 4.90 Å². The lowest BCUT2D eigenvalue weighted by Crippen LogP contribution is -2.53. The highest BCUT2D eigenvalue weighted by atomic mass is 15.4. The molecule has 2 heteroatoms. The zero-order valence-electron chi connectivity index (χ0n) is 14.5. The van der Waals surface area contributed by atoms with E-state index in [0.29, 0.717) is 11.6 Å². The van der Waals surface area contributed by atoms with Crippen LogP contribution in [0.4, 0.5) is 5.69 Å². The molecule has 0 spiro atoms. The Morgan fingerprint density at radius 2 is 1.48 bits per heavy atom. The van der Waals surface area contributed by atoms with Gasteiger partial charge in [-0.05, 0) is 50.3 Å². The molecule has 2 unspecified atom stereocenters. The summed E-state index contributed by atoms with van der Waals surface area (Å²) in [6.45, 7) is 16.3. The Bertz CT molecular complexity index is 504. The lowest BCUT2D eigenvalue weighted by Gasteiger charge is -2.42. The fourth-order valence-electron chi connectivity index (χ4n) is 3.96. The quantitative estimate of drug-likeness (QED) is 0.768. The normalized spacial score (nSPS) is 26.7. The Kier molecular flexibility index (Phi) is 3.36. The highest BCUT2D eigenvalue weighted by Crippen LogP contribution is 2.38. The van der Waals surface area contributed by atoms with Crippen LogP contribution in [0.1, 0.15) is 53.5 Å². The molecule has 0 N–H and O–H groups in total. The third kappa shape index (κ3) is 2.70. The van der Waals surface area contributed by atoms with Gasteiger partial charge in [-0.1, -0.05) is 32.9 Å². The minimum Gasteiger partial charge on any atom is -0.366 e. The molecular weight excluding hydrogens is 256 g/mol. The minimum atomic E-state index is 0.242. The van der Waals surface area contributed by atoms with Crippen LogP contribution in [0.15, 0.2) is 24.3 Å². The number of rotatable bonds is 1. The predicted molar refractivity (Wildman–Crippen MR) is 91.1 cm³/mol. The highest BCUT2D eigenvalue weighted by molar-refractivity contribution is 5.52. The van der Waals surface area contributed by atoms with Crippen molar-refractivity contribution in [1.29, 1.82) is 0 Å². The first-order valence-electron chi connectivity index (χ1n) is 8.30. The van der Waals surface area contributed by atoms with E-state index in [1.807, 2.05) is 0 Å². The zero-order valence-corrected chi connectivity index (χ0v) is 14.5. The molecule has 2 fully saturated rings. The molecule has 21 heavy (non-hydrogen) atoms. The number of fused-ring (bicyclic) bond motifs is 2. The van der Waals surface area contributed by atoms with Crippen LogP contribution in [0.3, 0.4) is 0 Å². The summed E-state index contributed by atoms with van der Waals surface area (Å²) in [5.41, 5.74) is 3.38. The van der Waals surface area contributed by atoms with E-state index in [1.165, 1.54) is 30.8 Å². The molecule has 2 saturated heterocycles. The van der Waals surface area contributed by atoms with Crippen molar-refractivity contribution in [3.05, 3.63) is 29.8 Å². The third-order valence-corrected chi connectivity index (χ3v) is 5.17. The third-order valence-electron chi connectivity index (χ3n) is 5.17. The van der Waals surface area contributed by atoms with Crippen LogP contribution in [0.2, 0.25) is 0 Å². The summed E-state index contributed by atoms with van der Waals surface area (Å²) in [7, 11) is 0. The molecule has 2 bridgehead atoms. The summed E-state index contributed by atoms with van der Waals surface area (Å²) in [5, 5.41) is 0. The van der Waals surface area contributed by atoms with E-state index in [0.717, 1.165) is 6.04 Å². The van der Waals surface area contributed by atoms with Gasteiger partial charge in [-0.25, -0.2) is 0 Å². The van der Waals surface area contributed by atoms with Gasteiger partial charge >= 0.3 is 0 Å². The Labute approximate surface area is 130 Å². The lowest BCUT2D eigenvalue weighted by atomic mass is 9.87. The first kappa shape index (κ1) is 14.9. The van der Waals surface area contributed by atoms with Crippen molar-refractivity contribution in [3.63, 3.8) is 0 Å². The zero-order chi connectivity index (χ0) is 15.4. The highest BCUT2D eigenvalue weighted by Gasteiger charge is 2.46. The van der Waals surface area contributed by atoms with Crippen LogP contribution in [-0.2, 0) is 5.41 Å². The first-order valence-corrected chi connectivity index (χ1v) is 8.30. The smallest absolute Gasteiger partial charge is 0.0433 e. The van der Waals surface area contributed by atoms with Gasteiger partial charge in [0.1, 0.15) is 0 Å². The Hall–Kier alpha value is -1.02. The molecule has 2 aliphatic heterocycles. The van der Waals surface area contributed by atoms with E-state index >= 15 is 0 Å². The maximum atomic E-state index is 2.69. The largest absolute Gasteiger partial charge is 0.366 e. The Morgan fingerprint density at radius 1 is 0.857 bits per heavy atom. The van der Waals surface area contributed by atoms with E-state index in [-0.39, 0.29) is 5.41 Å². The van der Waals surface area contributed by atoms with Gasteiger partial charge in [0.05, 0.1) is 0 Å². The molecule has 0 aliphatic carbocycles.